The fraction of sp³-hybridized carbons (Fsp3) is 0.833. The average molecular weight is 249 g/mol. The van der Waals surface area contributed by atoms with E-state index in [1.165, 1.54) is 5.01 Å². The minimum Gasteiger partial charge on any atom is -0.396 e. The van der Waals surface area contributed by atoms with E-state index in [4.69, 9.17) is 11.6 Å². The van der Waals surface area contributed by atoms with Gasteiger partial charge in [0.05, 0.1) is 11.4 Å². The van der Waals surface area contributed by atoms with Gasteiger partial charge in [0.15, 0.2) is 0 Å². The van der Waals surface area contributed by atoms with Crippen LogP contribution in [0.15, 0.2) is 11.4 Å². The molecule has 1 rings (SSSR count). The molecule has 4 N–H and O–H groups in total. The van der Waals surface area contributed by atoms with Crippen molar-refractivity contribution in [2.75, 3.05) is 7.05 Å². The lowest BCUT2D eigenvalue weighted by Gasteiger charge is -2.28. The molecular weight excluding hydrogens is 224 g/mol. The first-order valence-electron chi connectivity index (χ1n) is 6.20. The van der Waals surface area contributed by atoms with Crippen molar-refractivity contribution in [2.24, 2.45) is 17.5 Å². The quantitative estimate of drug-likeness (QED) is 0.555. The molecule has 0 saturated carbocycles. The monoisotopic (exact) mass is 249 g/mol. The Hall–Kier alpha value is -0.840. The fourth-order valence-electron chi connectivity index (χ4n) is 1.80. The Kier molecular flexibility index (Phi) is 6.45. The molecule has 0 aliphatic heterocycles. The number of hydrogen-bond acceptors (Lipinski definition) is 3. The van der Waals surface area contributed by atoms with E-state index in [1.54, 1.807) is 7.05 Å². The Morgan fingerprint density at radius 3 is 2.29 bits per heavy atom. The largest absolute Gasteiger partial charge is 0.396 e. The molecule has 0 spiro atoms. The molecule has 0 saturated heterocycles. The molecule has 0 amide bonds. The second kappa shape index (κ2) is 6.79. The Labute approximate surface area is 103 Å². The third-order valence-electron chi connectivity index (χ3n) is 2.96. The van der Waals surface area contributed by atoms with Gasteiger partial charge < -0.3 is 10.7 Å². The zero-order valence-corrected chi connectivity index (χ0v) is 11.3. The summed E-state index contributed by atoms with van der Waals surface area (Å²) in [4.78, 5) is 0. The van der Waals surface area contributed by atoms with Crippen LogP contribution in [-0.4, -0.2) is 18.0 Å². The van der Waals surface area contributed by atoms with Crippen LogP contribution in [0.5, 0.6) is 0 Å². The van der Waals surface area contributed by atoms with Crippen LogP contribution < -0.4 is 11.6 Å². The van der Waals surface area contributed by atoms with Gasteiger partial charge in [0.2, 0.25) is 0 Å². The molecular formula is C12H25F2N3. The van der Waals surface area contributed by atoms with Crippen LogP contribution in [0.2, 0.25) is 0 Å². The summed E-state index contributed by atoms with van der Waals surface area (Å²) in [5, 5.41) is 1.21. The second-order valence-corrected chi connectivity index (χ2v) is 4.36. The maximum atomic E-state index is 13.6. The number of rotatable bonds is 1. The van der Waals surface area contributed by atoms with Gasteiger partial charge in [0, 0.05) is 13.5 Å². The Morgan fingerprint density at radius 1 is 1.29 bits per heavy atom. The standard InChI is InChI=1S/C10H19F2N3.C2H6/c1-7-3-4-8(15(2)14)9(13)10(11,12)6-5-7;1-2/h7H,3-6,13-14H2,1-2H3;1-2H3/b9-8-;. The summed E-state index contributed by atoms with van der Waals surface area (Å²) < 4.78 is 27.1. The third kappa shape index (κ3) is 4.50. The van der Waals surface area contributed by atoms with Crippen molar-refractivity contribution < 1.29 is 8.78 Å². The van der Waals surface area contributed by atoms with E-state index in [0.29, 0.717) is 24.5 Å². The number of nitrogens with zero attached hydrogens (tertiary/aromatic N) is 1. The first-order valence-corrected chi connectivity index (χ1v) is 6.20. The van der Waals surface area contributed by atoms with Crippen LogP contribution in [0, 0.1) is 5.92 Å². The number of hydrazine groups is 1. The van der Waals surface area contributed by atoms with Crippen molar-refractivity contribution >= 4 is 0 Å². The van der Waals surface area contributed by atoms with Gasteiger partial charge in [0.1, 0.15) is 0 Å². The zero-order chi connectivity index (χ0) is 13.6. The molecule has 17 heavy (non-hydrogen) atoms. The van der Waals surface area contributed by atoms with Crippen LogP contribution in [-0.2, 0) is 0 Å². The molecule has 1 unspecified atom stereocenters. The SMILES string of the molecule is CC.CC1CC/C(N(C)N)=C(/N)C(F)(F)CC1. The minimum atomic E-state index is -2.92. The van der Waals surface area contributed by atoms with E-state index in [1.807, 2.05) is 20.8 Å². The van der Waals surface area contributed by atoms with Crippen molar-refractivity contribution in [1.82, 2.24) is 5.01 Å². The fourth-order valence-corrected chi connectivity index (χ4v) is 1.80. The highest BCUT2D eigenvalue weighted by Crippen LogP contribution is 2.35. The van der Waals surface area contributed by atoms with Gasteiger partial charge >= 0.3 is 0 Å². The van der Waals surface area contributed by atoms with E-state index >= 15 is 0 Å². The Bertz CT molecular complexity index is 262. The van der Waals surface area contributed by atoms with Crippen LogP contribution >= 0.6 is 0 Å². The topological polar surface area (TPSA) is 55.3 Å². The van der Waals surface area contributed by atoms with E-state index in [9.17, 15) is 8.78 Å². The molecule has 0 bridgehead atoms. The molecule has 1 aliphatic rings. The lowest BCUT2D eigenvalue weighted by molar-refractivity contribution is 0.0180. The van der Waals surface area contributed by atoms with Crippen LogP contribution in [0.4, 0.5) is 8.78 Å². The summed E-state index contributed by atoms with van der Waals surface area (Å²) in [5.41, 5.74) is 5.49. The molecule has 1 atom stereocenters. The normalized spacial score (nSPS) is 28.5. The molecule has 5 heteroatoms. The summed E-state index contributed by atoms with van der Waals surface area (Å²) in [6.45, 7) is 5.98. The third-order valence-corrected chi connectivity index (χ3v) is 2.96. The van der Waals surface area contributed by atoms with Crippen molar-refractivity contribution in [3.8, 4) is 0 Å². The van der Waals surface area contributed by atoms with E-state index in [0.717, 1.165) is 6.42 Å². The van der Waals surface area contributed by atoms with Gasteiger partial charge in [-0.3, -0.25) is 0 Å². The predicted octanol–water partition coefficient (Wildman–Crippen LogP) is 2.83. The average Bonchev–Trinajstić information content (AvgIpc) is 2.27. The van der Waals surface area contributed by atoms with Gasteiger partial charge in [-0.15, -0.1) is 0 Å². The molecule has 1 aliphatic carbocycles. The highest BCUT2D eigenvalue weighted by molar-refractivity contribution is 5.17. The van der Waals surface area contributed by atoms with Gasteiger partial charge in [-0.05, 0) is 25.2 Å². The van der Waals surface area contributed by atoms with Gasteiger partial charge in [-0.2, -0.15) is 8.78 Å². The lowest BCUT2D eigenvalue weighted by atomic mass is 9.91. The van der Waals surface area contributed by atoms with E-state index in [-0.39, 0.29) is 12.1 Å². The van der Waals surface area contributed by atoms with E-state index in [2.05, 4.69) is 0 Å². The minimum absolute atomic E-state index is 0.183. The van der Waals surface area contributed by atoms with Gasteiger partial charge in [0.25, 0.3) is 5.92 Å². The first-order chi connectivity index (χ1) is 7.84. The lowest BCUT2D eigenvalue weighted by Crippen LogP contribution is -2.36. The Balaban J connectivity index is 0.00000121. The van der Waals surface area contributed by atoms with Crippen LogP contribution in [0.25, 0.3) is 0 Å². The maximum absolute atomic E-state index is 13.6. The molecule has 0 fully saturated rings. The van der Waals surface area contributed by atoms with Crippen LogP contribution in [0.1, 0.15) is 46.5 Å². The summed E-state index contributed by atoms with van der Waals surface area (Å²) >= 11 is 0. The smallest absolute Gasteiger partial charge is 0.288 e. The molecule has 3 nitrogen and oxygen atoms in total. The number of allylic oxidation sites excluding steroid dienone is 2. The maximum Gasteiger partial charge on any atom is 0.288 e. The predicted molar refractivity (Wildman–Crippen MR) is 67.1 cm³/mol. The number of nitrogens with two attached hydrogens (primary N) is 2. The molecule has 0 aromatic carbocycles. The van der Waals surface area contributed by atoms with E-state index < -0.39 is 5.92 Å². The van der Waals surface area contributed by atoms with Crippen molar-refractivity contribution in [2.45, 2.75) is 52.4 Å². The van der Waals surface area contributed by atoms with Gasteiger partial charge in [-0.1, -0.05) is 20.8 Å². The number of halogens is 2. The highest BCUT2D eigenvalue weighted by Gasteiger charge is 2.36. The van der Waals surface area contributed by atoms with Crippen molar-refractivity contribution in [1.29, 1.82) is 0 Å². The highest BCUT2D eigenvalue weighted by atomic mass is 19.3. The molecule has 0 aromatic heterocycles. The first kappa shape index (κ1) is 16.2. The number of alkyl halides is 2. The molecule has 0 radical (unpaired) electrons. The summed E-state index contributed by atoms with van der Waals surface area (Å²) in [6.07, 6.45) is 1.70. The van der Waals surface area contributed by atoms with Crippen molar-refractivity contribution in [3.05, 3.63) is 11.4 Å². The molecule has 0 aromatic rings. The summed E-state index contributed by atoms with van der Waals surface area (Å²) in [7, 11) is 1.55. The second-order valence-electron chi connectivity index (χ2n) is 4.36. The summed E-state index contributed by atoms with van der Waals surface area (Å²) in [6, 6.07) is 0. The number of hydrogen-bond donors (Lipinski definition) is 2. The van der Waals surface area contributed by atoms with Gasteiger partial charge in [-0.25, -0.2) is 5.84 Å². The Morgan fingerprint density at radius 2 is 1.82 bits per heavy atom. The zero-order valence-electron chi connectivity index (χ0n) is 11.3. The van der Waals surface area contributed by atoms with Crippen LogP contribution in [0.3, 0.4) is 0 Å². The summed E-state index contributed by atoms with van der Waals surface area (Å²) in [5.74, 6) is 2.88. The molecule has 0 heterocycles. The molecule has 102 valence electrons. The van der Waals surface area contributed by atoms with Crippen molar-refractivity contribution in [3.63, 3.8) is 0 Å².